The van der Waals surface area contributed by atoms with Crippen LogP contribution in [0.15, 0.2) is 96.4 Å². The molecule has 8 fully saturated rings. The Morgan fingerprint density at radius 2 is 1.02 bits per heavy atom. The molecule has 4 spiro atoms. The third-order valence-corrected chi connectivity index (χ3v) is 24.1. The number of hydrogen-bond donors (Lipinski definition) is 4. The zero-order valence-corrected chi connectivity index (χ0v) is 60.2. The number of aromatic nitrogens is 5. The lowest BCUT2D eigenvalue weighted by molar-refractivity contribution is -0.385. The average Bonchev–Trinajstić information content (AvgIpc) is 1.62. The normalized spacial score (nSPS) is 21.3. The summed E-state index contributed by atoms with van der Waals surface area (Å²) in [6, 6.07) is 23.8. The number of nitro groups is 1. The van der Waals surface area contributed by atoms with Crippen LogP contribution in [0.1, 0.15) is 139 Å². The fourth-order valence-electron chi connectivity index (χ4n) is 16.5. The molecule has 3 aromatic heterocycles. The monoisotopic (exact) mass is 1330 g/mol. The van der Waals surface area contributed by atoms with E-state index >= 15 is 0 Å². The lowest BCUT2D eigenvalue weighted by Gasteiger charge is -2.47. The van der Waals surface area contributed by atoms with E-state index in [1.165, 1.54) is 203 Å². The van der Waals surface area contributed by atoms with Crippen molar-refractivity contribution in [2.45, 2.75) is 149 Å². The number of aryl methyl sites for hydroxylation is 3. The Balaban J connectivity index is 0.000000147. The lowest BCUT2D eigenvalue weighted by atomic mass is 9.71. The van der Waals surface area contributed by atoms with Crippen molar-refractivity contribution in [1.82, 2.24) is 49.2 Å². The molecule has 8 saturated heterocycles. The molecule has 11 heterocycles. The van der Waals surface area contributed by atoms with Crippen molar-refractivity contribution in [3.63, 3.8) is 0 Å². The largest absolute Gasteiger partial charge is 0.399 e. The molecule has 0 radical (unpaired) electrons. The molecule has 0 amide bonds. The van der Waals surface area contributed by atoms with Gasteiger partial charge in [-0.3, -0.25) is 14.9 Å². The lowest BCUT2D eigenvalue weighted by Crippen LogP contribution is -2.46. The molecule has 8 aliphatic heterocycles. The summed E-state index contributed by atoms with van der Waals surface area (Å²) in [5.41, 5.74) is 16.7. The Hall–Kier alpha value is -6.94. The van der Waals surface area contributed by atoms with E-state index in [0.29, 0.717) is 44.7 Å². The first kappa shape index (κ1) is 71.3. The number of piperidine rings is 8. The summed E-state index contributed by atoms with van der Waals surface area (Å²) in [4.78, 5) is 55.1. The standard InChI is InChI=1S/C33H42N8O2.C17H25N3O2.C17H27N3.C10H20N2/c1-6-16-40-30(42)25-22-34-31(37-29(25)41(40)28-9-7-8-27(36-28)32(3,4)43)35-26-11-10-24(21-23(26)2)39-19-14-33(15-20-39)12-17-38(5)18-13-33;1-14-13-15(3-4-16(14)20(21)22)19-11-7-17(8-12-19)5-9-18(2)10-6-17;1-14-13-15(3-4-16(14)18)20-11-7-17(8-12-20)5-9-19(2)10-6-17;1-12-8-4-10(5-9-12)2-6-11-7-3-10/h6-11,21-22,43H,1,12-20H2,2-5H3,(H,34,35,37);3-4,13H,5-12H2,1-2H3;3-4,13H,5-12,18H2,1-2H3;11H,2-9H2,1H3. The van der Waals surface area contributed by atoms with E-state index in [2.05, 4.69) is 134 Å². The molecule has 0 bridgehead atoms. The Morgan fingerprint density at radius 1 is 0.598 bits per heavy atom. The number of fused-ring (bicyclic) bond motifs is 1. The van der Waals surface area contributed by atoms with Gasteiger partial charge in [0.2, 0.25) is 5.95 Å². The van der Waals surface area contributed by atoms with Gasteiger partial charge in [-0.2, -0.15) is 4.98 Å². The molecule has 97 heavy (non-hydrogen) atoms. The van der Waals surface area contributed by atoms with Gasteiger partial charge < -0.3 is 55.8 Å². The molecule has 20 nitrogen and oxygen atoms in total. The van der Waals surface area contributed by atoms with Crippen LogP contribution in [0.4, 0.5) is 40.1 Å². The molecule has 5 N–H and O–H groups in total. The van der Waals surface area contributed by atoms with Crippen LogP contribution >= 0.6 is 0 Å². The maximum absolute atomic E-state index is 13.3. The molecule has 0 unspecified atom stereocenters. The number of anilines is 6. The number of benzene rings is 3. The second-order valence-electron chi connectivity index (χ2n) is 31.2. The number of pyridine rings is 1. The Labute approximate surface area is 577 Å². The van der Waals surface area contributed by atoms with Crippen molar-refractivity contribution < 1.29 is 10.0 Å². The van der Waals surface area contributed by atoms with Gasteiger partial charge >= 0.3 is 0 Å². The van der Waals surface area contributed by atoms with Crippen molar-refractivity contribution in [1.29, 1.82) is 0 Å². The third kappa shape index (κ3) is 17.2. The van der Waals surface area contributed by atoms with E-state index in [1.807, 2.05) is 31.2 Å². The van der Waals surface area contributed by atoms with Crippen molar-refractivity contribution in [3.8, 4) is 5.82 Å². The highest BCUT2D eigenvalue weighted by Gasteiger charge is 2.40. The van der Waals surface area contributed by atoms with Crippen LogP contribution in [-0.2, 0) is 12.1 Å². The molecule has 8 aliphatic rings. The number of hydrogen-bond acceptors (Lipinski definition) is 17. The predicted molar refractivity (Wildman–Crippen MR) is 397 cm³/mol. The molecule has 526 valence electrons. The van der Waals surface area contributed by atoms with E-state index in [4.69, 9.17) is 10.7 Å². The fraction of sp³-hybridized carbons (Fsp3) is 0.610. The van der Waals surface area contributed by atoms with Crippen molar-refractivity contribution in [2.75, 3.05) is 159 Å². The molecule has 6 aromatic rings. The zero-order chi connectivity index (χ0) is 68.7. The SMILES string of the molecule is C=CCn1c(=O)c2cnc(Nc3ccc(N4CCC5(CCN(C)CC5)CC4)cc3C)nc2n1-c1cccc(C(C)(C)O)n1.CN1CCC2(CCNCC2)CC1.Cc1cc(N2CCC3(CCN(C)CC3)CC2)ccc1N.Cc1cc(N2CCC3(CCN(C)CC3)CC2)ccc1[N+](=O)[O-]. The van der Waals surface area contributed by atoms with Crippen LogP contribution in [0, 0.1) is 52.5 Å². The predicted octanol–water partition coefficient (Wildman–Crippen LogP) is 11.9. The summed E-state index contributed by atoms with van der Waals surface area (Å²) in [7, 11) is 8.94. The van der Waals surface area contributed by atoms with Crippen LogP contribution in [-0.4, -0.2) is 187 Å². The van der Waals surface area contributed by atoms with E-state index in [-0.39, 0.29) is 22.7 Å². The number of allylic oxidation sites excluding steroid dienone is 1. The minimum atomic E-state index is -1.14. The molecular formula is C77H114N16O4. The summed E-state index contributed by atoms with van der Waals surface area (Å²) in [6.45, 7) is 32.8. The molecule has 3 aromatic carbocycles. The molecule has 14 rings (SSSR count). The Morgan fingerprint density at radius 3 is 1.44 bits per heavy atom. The fourth-order valence-corrected chi connectivity index (χ4v) is 16.5. The summed E-state index contributed by atoms with van der Waals surface area (Å²) < 4.78 is 3.20. The summed E-state index contributed by atoms with van der Waals surface area (Å²) in [6.07, 6.45) is 24.7. The van der Waals surface area contributed by atoms with E-state index in [1.54, 1.807) is 49.0 Å². The first-order valence-corrected chi connectivity index (χ1v) is 36.4. The van der Waals surface area contributed by atoms with E-state index < -0.39 is 5.60 Å². The van der Waals surface area contributed by atoms with Crippen LogP contribution < -0.4 is 36.6 Å². The molecular weight excluding hydrogens is 1210 g/mol. The van der Waals surface area contributed by atoms with Gasteiger partial charge in [-0.15, -0.1) is 6.58 Å². The summed E-state index contributed by atoms with van der Waals surface area (Å²) in [5.74, 6) is 0.857. The van der Waals surface area contributed by atoms with Gasteiger partial charge in [0.05, 0.1) is 17.2 Å². The van der Waals surface area contributed by atoms with Gasteiger partial charge in [-0.1, -0.05) is 12.1 Å². The number of nitrogen functional groups attached to an aromatic ring is 1. The molecule has 0 atom stereocenters. The van der Waals surface area contributed by atoms with Gasteiger partial charge in [0.15, 0.2) is 11.5 Å². The van der Waals surface area contributed by atoms with Gasteiger partial charge in [0.1, 0.15) is 11.0 Å². The topological polar surface area (TPSA) is 202 Å². The van der Waals surface area contributed by atoms with Crippen LogP contribution in [0.3, 0.4) is 0 Å². The third-order valence-electron chi connectivity index (χ3n) is 24.1. The highest BCUT2D eigenvalue weighted by Crippen LogP contribution is 2.46. The number of likely N-dealkylation sites (tertiary alicyclic amines) is 4. The van der Waals surface area contributed by atoms with Gasteiger partial charge in [0, 0.05) is 85.5 Å². The minimum Gasteiger partial charge on any atom is -0.399 e. The maximum atomic E-state index is 13.3. The van der Waals surface area contributed by atoms with Crippen molar-refractivity contribution in [2.24, 2.45) is 21.7 Å². The van der Waals surface area contributed by atoms with Crippen LogP contribution in [0.5, 0.6) is 0 Å². The van der Waals surface area contributed by atoms with Crippen LogP contribution in [0.2, 0.25) is 0 Å². The molecule has 0 saturated carbocycles. The smallest absolute Gasteiger partial charge is 0.278 e. The maximum Gasteiger partial charge on any atom is 0.278 e. The van der Waals surface area contributed by atoms with Gasteiger partial charge in [-0.05, 0) is 324 Å². The van der Waals surface area contributed by atoms with Crippen LogP contribution in [0.25, 0.3) is 16.9 Å². The highest BCUT2D eigenvalue weighted by molar-refractivity contribution is 5.77. The number of nitrogens with zero attached hydrogens (tertiary/aromatic N) is 13. The number of nitrogens with one attached hydrogen (secondary N) is 2. The highest BCUT2D eigenvalue weighted by atomic mass is 16.6. The van der Waals surface area contributed by atoms with Crippen molar-refractivity contribution >= 4 is 51.1 Å². The Bertz CT molecular complexity index is 3670. The van der Waals surface area contributed by atoms with Crippen molar-refractivity contribution in [3.05, 3.63) is 135 Å². The Kier molecular flexibility index (Phi) is 22.6. The quantitative estimate of drug-likeness (QED) is 0.0436. The summed E-state index contributed by atoms with van der Waals surface area (Å²) in [5, 5.41) is 28.7. The molecule has 0 aliphatic carbocycles. The molecule has 20 heteroatoms. The first-order chi connectivity index (χ1) is 46.4. The number of nitrogens with two attached hydrogens (primary N) is 1. The van der Waals surface area contributed by atoms with E-state index in [0.717, 1.165) is 59.8 Å². The second kappa shape index (κ2) is 30.7. The zero-order valence-electron chi connectivity index (χ0n) is 60.2. The number of aliphatic hydroxyl groups is 1. The average molecular weight is 1330 g/mol. The van der Waals surface area contributed by atoms with E-state index in [9.17, 15) is 20.0 Å². The second-order valence-corrected chi connectivity index (χ2v) is 31.2. The van der Waals surface area contributed by atoms with Gasteiger partial charge in [-0.25, -0.2) is 19.3 Å². The van der Waals surface area contributed by atoms with Gasteiger partial charge in [0.25, 0.3) is 11.2 Å². The minimum absolute atomic E-state index is 0.215. The first-order valence-electron chi connectivity index (χ1n) is 36.4. The number of nitro benzene ring substituents is 1. The number of rotatable bonds is 10. The summed E-state index contributed by atoms with van der Waals surface area (Å²) >= 11 is 0.